The summed E-state index contributed by atoms with van der Waals surface area (Å²) >= 11 is 0. The SMILES string of the molecule is COC1CN(c2ccc(N3CCNCC3)cn2)C1. The normalized spacial score (nSPS) is 20.9. The quantitative estimate of drug-likeness (QED) is 0.834. The van der Waals surface area contributed by atoms with Crippen molar-refractivity contribution in [2.24, 2.45) is 0 Å². The van der Waals surface area contributed by atoms with Gasteiger partial charge >= 0.3 is 0 Å². The molecule has 2 fully saturated rings. The second-order valence-corrected chi connectivity index (χ2v) is 4.87. The van der Waals surface area contributed by atoms with E-state index in [1.54, 1.807) is 7.11 Å². The van der Waals surface area contributed by atoms with Gasteiger partial charge in [-0.15, -0.1) is 0 Å². The Morgan fingerprint density at radius 3 is 2.61 bits per heavy atom. The second kappa shape index (κ2) is 5.12. The maximum Gasteiger partial charge on any atom is 0.128 e. The van der Waals surface area contributed by atoms with Crippen LogP contribution in [0.15, 0.2) is 18.3 Å². The van der Waals surface area contributed by atoms with Crippen LogP contribution in [0.1, 0.15) is 0 Å². The molecule has 2 aliphatic rings. The number of nitrogens with zero attached hydrogens (tertiary/aromatic N) is 3. The summed E-state index contributed by atoms with van der Waals surface area (Å²) in [7, 11) is 1.77. The van der Waals surface area contributed by atoms with Crippen molar-refractivity contribution in [2.75, 3.05) is 56.2 Å². The molecule has 0 unspecified atom stereocenters. The van der Waals surface area contributed by atoms with Gasteiger partial charge in [-0.2, -0.15) is 0 Å². The summed E-state index contributed by atoms with van der Waals surface area (Å²) in [5.74, 6) is 1.06. The molecule has 18 heavy (non-hydrogen) atoms. The highest BCUT2D eigenvalue weighted by Crippen LogP contribution is 2.22. The molecular weight excluding hydrogens is 228 g/mol. The van der Waals surface area contributed by atoms with E-state index in [0.29, 0.717) is 6.10 Å². The van der Waals surface area contributed by atoms with E-state index in [4.69, 9.17) is 4.74 Å². The predicted molar refractivity (Wildman–Crippen MR) is 72.3 cm³/mol. The molecule has 98 valence electrons. The van der Waals surface area contributed by atoms with Crippen molar-refractivity contribution in [2.45, 2.75) is 6.10 Å². The number of pyridine rings is 1. The van der Waals surface area contributed by atoms with E-state index >= 15 is 0 Å². The molecular formula is C13H20N4O. The Kier molecular flexibility index (Phi) is 3.34. The standard InChI is InChI=1S/C13H20N4O/c1-18-12-9-17(10-12)13-3-2-11(8-15-13)16-6-4-14-5-7-16/h2-3,8,12,14H,4-7,9-10H2,1H3. The summed E-state index contributed by atoms with van der Waals surface area (Å²) < 4.78 is 5.27. The van der Waals surface area contributed by atoms with Gasteiger partial charge in [-0.3, -0.25) is 0 Å². The minimum Gasteiger partial charge on any atom is -0.378 e. The molecule has 0 aromatic carbocycles. The molecule has 0 amide bonds. The van der Waals surface area contributed by atoms with Crippen LogP contribution in [-0.2, 0) is 4.74 Å². The van der Waals surface area contributed by atoms with Crippen LogP contribution < -0.4 is 15.1 Å². The molecule has 0 radical (unpaired) electrons. The van der Waals surface area contributed by atoms with Crippen LogP contribution in [0.5, 0.6) is 0 Å². The summed E-state index contributed by atoms with van der Waals surface area (Å²) in [4.78, 5) is 9.18. The lowest BCUT2D eigenvalue weighted by molar-refractivity contribution is 0.0783. The minimum atomic E-state index is 0.375. The molecule has 1 aromatic rings. The number of anilines is 2. The van der Waals surface area contributed by atoms with E-state index in [1.165, 1.54) is 5.69 Å². The molecule has 1 N–H and O–H groups in total. The predicted octanol–water partition coefficient (Wildman–Crippen LogP) is 0.326. The topological polar surface area (TPSA) is 40.6 Å². The molecule has 2 aliphatic heterocycles. The second-order valence-electron chi connectivity index (χ2n) is 4.87. The van der Waals surface area contributed by atoms with Gasteiger partial charge in [0.2, 0.25) is 0 Å². The van der Waals surface area contributed by atoms with Crippen LogP contribution in [-0.4, -0.2) is 57.5 Å². The van der Waals surface area contributed by atoms with Crippen LogP contribution in [0, 0.1) is 0 Å². The zero-order valence-electron chi connectivity index (χ0n) is 10.8. The molecule has 2 saturated heterocycles. The van der Waals surface area contributed by atoms with Crippen LogP contribution >= 0.6 is 0 Å². The Morgan fingerprint density at radius 1 is 1.22 bits per heavy atom. The van der Waals surface area contributed by atoms with Gasteiger partial charge in [-0.1, -0.05) is 0 Å². The van der Waals surface area contributed by atoms with Crippen molar-refractivity contribution in [1.29, 1.82) is 0 Å². The fraction of sp³-hybridized carbons (Fsp3) is 0.615. The van der Waals surface area contributed by atoms with Crippen LogP contribution in [0.25, 0.3) is 0 Å². The molecule has 0 atom stereocenters. The van der Waals surface area contributed by atoms with E-state index in [0.717, 1.165) is 45.1 Å². The van der Waals surface area contributed by atoms with E-state index in [1.807, 2.05) is 6.20 Å². The summed E-state index contributed by atoms with van der Waals surface area (Å²) in [6.07, 6.45) is 2.36. The van der Waals surface area contributed by atoms with Gasteiger partial charge in [0, 0.05) is 46.4 Å². The van der Waals surface area contributed by atoms with Crippen LogP contribution in [0.4, 0.5) is 11.5 Å². The first-order valence-electron chi connectivity index (χ1n) is 6.56. The number of rotatable bonds is 3. The summed E-state index contributed by atoms with van der Waals surface area (Å²) in [6, 6.07) is 4.29. The fourth-order valence-corrected chi connectivity index (χ4v) is 2.45. The van der Waals surface area contributed by atoms with E-state index < -0.39 is 0 Å². The minimum absolute atomic E-state index is 0.375. The van der Waals surface area contributed by atoms with Gasteiger partial charge in [0.15, 0.2) is 0 Å². The highest BCUT2D eigenvalue weighted by molar-refractivity contribution is 5.52. The van der Waals surface area contributed by atoms with E-state index in [2.05, 4.69) is 32.2 Å². The highest BCUT2D eigenvalue weighted by Gasteiger charge is 2.27. The molecule has 3 rings (SSSR count). The Hall–Kier alpha value is -1.33. The van der Waals surface area contributed by atoms with E-state index in [9.17, 15) is 0 Å². The van der Waals surface area contributed by atoms with Crippen LogP contribution in [0.2, 0.25) is 0 Å². The number of ether oxygens (including phenoxy) is 1. The van der Waals surface area contributed by atoms with Gasteiger partial charge in [0.25, 0.3) is 0 Å². The number of methoxy groups -OCH3 is 1. The van der Waals surface area contributed by atoms with Crippen molar-refractivity contribution in [3.8, 4) is 0 Å². The van der Waals surface area contributed by atoms with Crippen molar-refractivity contribution >= 4 is 11.5 Å². The highest BCUT2D eigenvalue weighted by atomic mass is 16.5. The lowest BCUT2D eigenvalue weighted by atomic mass is 10.1. The van der Waals surface area contributed by atoms with Crippen molar-refractivity contribution < 1.29 is 4.74 Å². The van der Waals surface area contributed by atoms with Crippen molar-refractivity contribution in [1.82, 2.24) is 10.3 Å². The van der Waals surface area contributed by atoms with Gasteiger partial charge in [-0.05, 0) is 12.1 Å². The smallest absolute Gasteiger partial charge is 0.128 e. The zero-order valence-corrected chi connectivity index (χ0v) is 10.8. The van der Waals surface area contributed by atoms with Gasteiger partial charge in [-0.25, -0.2) is 4.98 Å². The number of piperazine rings is 1. The van der Waals surface area contributed by atoms with Gasteiger partial charge < -0.3 is 19.9 Å². The largest absolute Gasteiger partial charge is 0.378 e. The number of hydrogen-bond acceptors (Lipinski definition) is 5. The first-order chi connectivity index (χ1) is 8.86. The maximum atomic E-state index is 5.27. The molecule has 5 nitrogen and oxygen atoms in total. The first-order valence-corrected chi connectivity index (χ1v) is 6.56. The Labute approximate surface area is 108 Å². The third kappa shape index (κ3) is 2.28. The summed E-state index contributed by atoms with van der Waals surface area (Å²) in [6.45, 7) is 6.16. The average molecular weight is 248 g/mol. The zero-order chi connectivity index (χ0) is 12.4. The molecule has 5 heteroatoms. The Bertz CT molecular complexity index is 382. The average Bonchev–Trinajstić information content (AvgIpc) is 2.39. The molecule has 1 aromatic heterocycles. The van der Waals surface area contributed by atoms with Crippen molar-refractivity contribution in [3.05, 3.63) is 18.3 Å². The first kappa shape index (κ1) is 11.7. The van der Waals surface area contributed by atoms with E-state index in [-0.39, 0.29) is 0 Å². The Balaban J connectivity index is 1.62. The lowest BCUT2D eigenvalue weighted by Gasteiger charge is -2.39. The number of aromatic nitrogens is 1. The third-order valence-corrected chi connectivity index (χ3v) is 3.72. The molecule has 0 bridgehead atoms. The monoisotopic (exact) mass is 248 g/mol. The number of hydrogen-bond donors (Lipinski definition) is 1. The third-order valence-electron chi connectivity index (χ3n) is 3.72. The fourth-order valence-electron chi connectivity index (χ4n) is 2.45. The molecule has 0 saturated carbocycles. The molecule has 0 spiro atoms. The van der Waals surface area contributed by atoms with Gasteiger partial charge in [0.1, 0.15) is 5.82 Å². The summed E-state index contributed by atoms with van der Waals surface area (Å²) in [5.41, 5.74) is 1.23. The number of nitrogens with one attached hydrogen (secondary N) is 1. The van der Waals surface area contributed by atoms with Crippen LogP contribution in [0.3, 0.4) is 0 Å². The maximum absolute atomic E-state index is 5.27. The Morgan fingerprint density at radius 2 is 2.00 bits per heavy atom. The molecule has 0 aliphatic carbocycles. The van der Waals surface area contributed by atoms with Gasteiger partial charge in [0.05, 0.1) is 18.0 Å². The van der Waals surface area contributed by atoms with Crippen molar-refractivity contribution in [3.63, 3.8) is 0 Å². The summed E-state index contributed by atoms with van der Waals surface area (Å²) in [5, 5.41) is 3.36. The lowest BCUT2D eigenvalue weighted by Crippen LogP contribution is -2.52. The molecule has 3 heterocycles.